The summed E-state index contributed by atoms with van der Waals surface area (Å²) < 4.78 is 14.9. The van der Waals surface area contributed by atoms with E-state index in [1.54, 1.807) is 17.4 Å². The number of halogens is 2. The van der Waals surface area contributed by atoms with Gasteiger partial charge in [0.2, 0.25) is 0 Å². The molecule has 1 aromatic heterocycles. The SMILES string of the molecule is CCCNC(c1cccc(Br)c1F)c1sccc1CC. The molecular weight excluding hydrogens is 337 g/mol. The second-order valence-corrected chi connectivity index (χ2v) is 6.50. The number of hydrogen-bond donors (Lipinski definition) is 1. The second-order valence-electron chi connectivity index (χ2n) is 4.69. The van der Waals surface area contributed by atoms with E-state index in [0.717, 1.165) is 19.4 Å². The standard InChI is InChI=1S/C16H19BrFNS/c1-3-9-19-15(16-11(4-2)8-10-20-16)12-6-5-7-13(17)14(12)18/h5-8,10,15,19H,3-4,9H2,1-2H3. The largest absolute Gasteiger partial charge is 0.305 e. The quantitative estimate of drug-likeness (QED) is 0.741. The van der Waals surface area contributed by atoms with E-state index >= 15 is 0 Å². The molecule has 0 bridgehead atoms. The third-order valence-electron chi connectivity index (χ3n) is 3.31. The Balaban J connectivity index is 2.44. The zero-order valence-corrected chi connectivity index (χ0v) is 14.2. The van der Waals surface area contributed by atoms with E-state index < -0.39 is 0 Å². The van der Waals surface area contributed by atoms with Crippen molar-refractivity contribution in [2.24, 2.45) is 0 Å². The van der Waals surface area contributed by atoms with Crippen LogP contribution < -0.4 is 5.32 Å². The zero-order chi connectivity index (χ0) is 14.5. The third-order valence-corrected chi connectivity index (χ3v) is 4.95. The molecule has 20 heavy (non-hydrogen) atoms. The van der Waals surface area contributed by atoms with E-state index in [0.29, 0.717) is 10.0 Å². The van der Waals surface area contributed by atoms with Crippen molar-refractivity contribution in [2.45, 2.75) is 32.7 Å². The minimum Gasteiger partial charge on any atom is -0.305 e. The third kappa shape index (κ3) is 3.30. The molecule has 1 heterocycles. The molecular formula is C16H19BrFNS. The molecule has 0 fully saturated rings. The highest BCUT2D eigenvalue weighted by atomic mass is 79.9. The molecule has 0 aliphatic rings. The first-order valence-electron chi connectivity index (χ1n) is 6.92. The van der Waals surface area contributed by atoms with Crippen LogP contribution in [0.4, 0.5) is 4.39 Å². The van der Waals surface area contributed by atoms with Crippen LogP contribution in [0.3, 0.4) is 0 Å². The van der Waals surface area contributed by atoms with Gasteiger partial charge >= 0.3 is 0 Å². The van der Waals surface area contributed by atoms with Gasteiger partial charge in [0, 0.05) is 10.4 Å². The lowest BCUT2D eigenvalue weighted by atomic mass is 10.0. The van der Waals surface area contributed by atoms with Crippen molar-refractivity contribution in [3.8, 4) is 0 Å². The number of hydrogen-bond acceptors (Lipinski definition) is 2. The van der Waals surface area contributed by atoms with Crippen LogP contribution >= 0.6 is 27.3 Å². The fourth-order valence-electron chi connectivity index (χ4n) is 2.27. The molecule has 1 N–H and O–H groups in total. The van der Waals surface area contributed by atoms with Gasteiger partial charge < -0.3 is 5.32 Å². The average Bonchev–Trinajstić information content (AvgIpc) is 2.92. The summed E-state index contributed by atoms with van der Waals surface area (Å²) in [5.74, 6) is -0.170. The van der Waals surface area contributed by atoms with Gasteiger partial charge in [0.15, 0.2) is 0 Å². The summed E-state index contributed by atoms with van der Waals surface area (Å²) in [7, 11) is 0. The fourth-order valence-corrected chi connectivity index (χ4v) is 3.74. The van der Waals surface area contributed by atoms with Gasteiger partial charge in [0.1, 0.15) is 5.82 Å². The van der Waals surface area contributed by atoms with E-state index in [1.807, 2.05) is 12.1 Å². The maximum atomic E-state index is 14.4. The zero-order valence-electron chi connectivity index (χ0n) is 11.7. The Kier molecular flexibility index (Phi) is 5.75. The van der Waals surface area contributed by atoms with Gasteiger partial charge in [-0.2, -0.15) is 0 Å². The van der Waals surface area contributed by atoms with Gasteiger partial charge in [0.25, 0.3) is 0 Å². The molecule has 0 saturated heterocycles. The lowest BCUT2D eigenvalue weighted by Gasteiger charge is -2.20. The number of nitrogens with one attached hydrogen (secondary N) is 1. The smallest absolute Gasteiger partial charge is 0.142 e. The summed E-state index contributed by atoms with van der Waals surface area (Å²) in [4.78, 5) is 1.22. The molecule has 0 aliphatic carbocycles. The van der Waals surface area contributed by atoms with Gasteiger partial charge in [0.05, 0.1) is 10.5 Å². The predicted octanol–water partition coefficient (Wildman–Crippen LogP) is 5.30. The molecule has 0 spiro atoms. The Morgan fingerprint density at radius 2 is 2.10 bits per heavy atom. The second kappa shape index (κ2) is 7.34. The summed E-state index contributed by atoms with van der Waals surface area (Å²) in [6.07, 6.45) is 2.00. The molecule has 1 unspecified atom stereocenters. The van der Waals surface area contributed by atoms with Crippen LogP contribution in [0.1, 0.15) is 42.3 Å². The Morgan fingerprint density at radius 1 is 1.30 bits per heavy atom. The van der Waals surface area contributed by atoms with E-state index in [2.05, 4.69) is 46.5 Å². The molecule has 2 rings (SSSR count). The van der Waals surface area contributed by atoms with Crippen LogP contribution in [-0.2, 0) is 6.42 Å². The summed E-state index contributed by atoms with van der Waals surface area (Å²) in [5, 5.41) is 5.57. The van der Waals surface area contributed by atoms with Crippen LogP contribution in [0.25, 0.3) is 0 Å². The minimum atomic E-state index is -0.170. The van der Waals surface area contributed by atoms with E-state index in [-0.39, 0.29) is 11.9 Å². The molecule has 0 saturated carbocycles. The van der Waals surface area contributed by atoms with Gasteiger partial charge in [-0.1, -0.05) is 26.0 Å². The molecule has 4 heteroatoms. The highest BCUT2D eigenvalue weighted by Gasteiger charge is 2.21. The van der Waals surface area contributed by atoms with Crippen molar-refractivity contribution < 1.29 is 4.39 Å². The van der Waals surface area contributed by atoms with Crippen LogP contribution in [0, 0.1) is 5.82 Å². The Labute approximate surface area is 132 Å². The first kappa shape index (κ1) is 15.7. The average molecular weight is 356 g/mol. The summed E-state index contributed by atoms with van der Waals surface area (Å²) in [5.41, 5.74) is 2.01. The first-order valence-corrected chi connectivity index (χ1v) is 8.59. The van der Waals surface area contributed by atoms with E-state index in [9.17, 15) is 4.39 Å². The topological polar surface area (TPSA) is 12.0 Å². The van der Waals surface area contributed by atoms with Crippen LogP contribution in [0.5, 0.6) is 0 Å². The normalized spacial score (nSPS) is 12.6. The Bertz CT molecular complexity index is 567. The number of thiophene rings is 1. The fraction of sp³-hybridized carbons (Fsp3) is 0.375. The number of rotatable bonds is 6. The molecule has 0 radical (unpaired) electrons. The lowest BCUT2D eigenvalue weighted by Crippen LogP contribution is -2.24. The van der Waals surface area contributed by atoms with E-state index in [1.165, 1.54) is 10.4 Å². The van der Waals surface area contributed by atoms with Gasteiger partial charge in [-0.25, -0.2) is 4.39 Å². The predicted molar refractivity (Wildman–Crippen MR) is 87.9 cm³/mol. The Hall–Kier alpha value is -0.710. The molecule has 108 valence electrons. The van der Waals surface area contributed by atoms with Gasteiger partial charge in [-0.05, 0) is 58.4 Å². The summed E-state index contributed by atoms with van der Waals surface area (Å²) in [6.45, 7) is 5.13. The number of aryl methyl sites for hydroxylation is 1. The van der Waals surface area contributed by atoms with Crippen molar-refractivity contribution in [3.63, 3.8) is 0 Å². The summed E-state index contributed by atoms with van der Waals surface area (Å²) in [6, 6.07) is 7.57. The van der Waals surface area contributed by atoms with Gasteiger partial charge in [-0.15, -0.1) is 11.3 Å². The molecule has 1 nitrogen and oxygen atoms in total. The monoisotopic (exact) mass is 355 g/mol. The Morgan fingerprint density at radius 3 is 2.80 bits per heavy atom. The lowest BCUT2D eigenvalue weighted by molar-refractivity contribution is 0.546. The maximum absolute atomic E-state index is 14.4. The number of benzene rings is 1. The highest BCUT2D eigenvalue weighted by molar-refractivity contribution is 9.10. The van der Waals surface area contributed by atoms with Crippen LogP contribution in [-0.4, -0.2) is 6.54 Å². The first-order chi connectivity index (χ1) is 9.69. The van der Waals surface area contributed by atoms with Crippen molar-refractivity contribution in [2.75, 3.05) is 6.54 Å². The molecule has 1 atom stereocenters. The van der Waals surface area contributed by atoms with Crippen molar-refractivity contribution >= 4 is 27.3 Å². The van der Waals surface area contributed by atoms with Crippen molar-refractivity contribution in [1.82, 2.24) is 5.32 Å². The maximum Gasteiger partial charge on any atom is 0.142 e. The molecule has 2 aromatic rings. The van der Waals surface area contributed by atoms with Gasteiger partial charge in [-0.3, -0.25) is 0 Å². The highest BCUT2D eigenvalue weighted by Crippen LogP contribution is 2.33. The minimum absolute atomic E-state index is 0.0672. The van der Waals surface area contributed by atoms with E-state index in [4.69, 9.17) is 0 Å². The van der Waals surface area contributed by atoms with Crippen molar-refractivity contribution in [1.29, 1.82) is 0 Å². The molecule has 1 aromatic carbocycles. The molecule has 0 aliphatic heterocycles. The van der Waals surface area contributed by atoms with Crippen molar-refractivity contribution in [3.05, 3.63) is 55.9 Å². The molecule has 0 amide bonds. The van der Waals surface area contributed by atoms with Crippen LogP contribution in [0.2, 0.25) is 0 Å². The summed E-state index contributed by atoms with van der Waals surface area (Å²) >= 11 is 4.98. The van der Waals surface area contributed by atoms with Crippen LogP contribution in [0.15, 0.2) is 34.1 Å².